The molecule has 0 aliphatic rings. The standard InChI is InChI=1S/C18H15FO4/c1-22-15-9-6-14(7-10-15)17(20)12-23-18(21)11-8-13-4-2-3-5-16(13)19/h2-11H,12H2,1H3/b11-8+. The first-order valence-electron chi connectivity index (χ1n) is 6.87. The summed E-state index contributed by atoms with van der Waals surface area (Å²) >= 11 is 0. The molecule has 0 spiro atoms. The van der Waals surface area contributed by atoms with Crippen LogP contribution < -0.4 is 4.74 Å². The number of hydrogen-bond donors (Lipinski definition) is 0. The van der Waals surface area contributed by atoms with E-state index < -0.39 is 11.8 Å². The van der Waals surface area contributed by atoms with Gasteiger partial charge in [0.05, 0.1) is 7.11 Å². The first kappa shape index (κ1) is 16.4. The van der Waals surface area contributed by atoms with Crippen molar-refractivity contribution in [3.05, 3.63) is 71.6 Å². The van der Waals surface area contributed by atoms with Crippen LogP contribution in [0.1, 0.15) is 15.9 Å². The minimum absolute atomic E-state index is 0.269. The van der Waals surface area contributed by atoms with Crippen LogP contribution in [0.25, 0.3) is 6.08 Å². The lowest BCUT2D eigenvalue weighted by Gasteiger charge is -2.03. The molecule has 2 rings (SSSR count). The molecule has 0 aromatic heterocycles. The van der Waals surface area contributed by atoms with Crippen LogP contribution in [0.3, 0.4) is 0 Å². The van der Waals surface area contributed by atoms with Crippen molar-refractivity contribution < 1.29 is 23.5 Å². The van der Waals surface area contributed by atoms with Gasteiger partial charge in [-0.1, -0.05) is 18.2 Å². The van der Waals surface area contributed by atoms with Crippen molar-refractivity contribution >= 4 is 17.8 Å². The lowest BCUT2D eigenvalue weighted by Crippen LogP contribution is -2.12. The molecule has 0 atom stereocenters. The van der Waals surface area contributed by atoms with E-state index in [-0.39, 0.29) is 18.0 Å². The number of carbonyl (C=O) groups excluding carboxylic acids is 2. The lowest BCUT2D eigenvalue weighted by molar-refractivity contribution is -0.136. The van der Waals surface area contributed by atoms with Gasteiger partial charge in [0.25, 0.3) is 0 Å². The van der Waals surface area contributed by atoms with Gasteiger partial charge in [-0.25, -0.2) is 9.18 Å². The molecular formula is C18H15FO4. The van der Waals surface area contributed by atoms with Gasteiger partial charge in [0.15, 0.2) is 12.4 Å². The zero-order valence-corrected chi connectivity index (χ0v) is 12.5. The topological polar surface area (TPSA) is 52.6 Å². The smallest absolute Gasteiger partial charge is 0.331 e. The molecule has 118 valence electrons. The molecule has 0 radical (unpaired) electrons. The number of hydrogen-bond acceptors (Lipinski definition) is 4. The first-order valence-corrected chi connectivity index (χ1v) is 6.87. The molecule has 23 heavy (non-hydrogen) atoms. The van der Waals surface area contributed by atoms with Crippen molar-refractivity contribution in [1.29, 1.82) is 0 Å². The Hall–Kier alpha value is -2.95. The van der Waals surface area contributed by atoms with Gasteiger partial charge in [-0.15, -0.1) is 0 Å². The van der Waals surface area contributed by atoms with Gasteiger partial charge in [0, 0.05) is 17.2 Å². The average Bonchev–Trinajstić information content (AvgIpc) is 2.59. The van der Waals surface area contributed by atoms with E-state index in [1.54, 1.807) is 36.4 Å². The maximum absolute atomic E-state index is 13.4. The third-order valence-corrected chi connectivity index (χ3v) is 3.06. The Kier molecular flexibility index (Phi) is 5.63. The minimum Gasteiger partial charge on any atom is -0.497 e. The summed E-state index contributed by atoms with van der Waals surface area (Å²) in [5.41, 5.74) is 0.683. The summed E-state index contributed by atoms with van der Waals surface area (Å²) in [6, 6.07) is 12.5. The summed E-state index contributed by atoms with van der Waals surface area (Å²) < 4.78 is 23.2. The van der Waals surface area contributed by atoms with Crippen LogP contribution in [0.2, 0.25) is 0 Å². The van der Waals surface area contributed by atoms with E-state index in [2.05, 4.69) is 0 Å². The number of carbonyl (C=O) groups is 2. The molecule has 0 N–H and O–H groups in total. The largest absolute Gasteiger partial charge is 0.497 e. The second-order valence-corrected chi connectivity index (χ2v) is 4.61. The van der Waals surface area contributed by atoms with E-state index in [1.165, 1.54) is 25.3 Å². The Labute approximate surface area is 133 Å². The van der Waals surface area contributed by atoms with Crippen molar-refractivity contribution in [2.24, 2.45) is 0 Å². The zero-order valence-electron chi connectivity index (χ0n) is 12.5. The fraction of sp³-hybridized carbons (Fsp3) is 0.111. The lowest BCUT2D eigenvalue weighted by atomic mass is 10.1. The van der Waals surface area contributed by atoms with Crippen LogP contribution in [0.5, 0.6) is 5.75 Å². The zero-order chi connectivity index (χ0) is 16.7. The molecule has 0 saturated heterocycles. The second kappa shape index (κ2) is 7.89. The normalized spacial score (nSPS) is 10.5. The molecule has 5 heteroatoms. The SMILES string of the molecule is COc1ccc(C(=O)COC(=O)/C=C/c2ccccc2F)cc1. The van der Waals surface area contributed by atoms with Crippen molar-refractivity contribution in [2.75, 3.05) is 13.7 Å². The van der Waals surface area contributed by atoms with E-state index >= 15 is 0 Å². The van der Waals surface area contributed by atoms with Gasteiger partial charge in [-0.3, -0.25) is 4.79 Å². The van der Waals surface area contributed by atoms with Gasteiger partial charge < -0.3 is 9.47 Å². The third-order valence-electron chi connectivity index (χ3n) is 3.06. The molecule has 0 aliphatic carbocycles. The summed E-state index contributed by atoms with van der Waals surface area (Å²) in [7, 11) is 1.53. The number of ether oxygens (including phenoxy) is 2. The van der Waals surface area contributed by atoms with Crippen molar-refractivity contribution in [3.8, 4) is 5.75 Å². The van der Waals surface area contributed by atoms with Crippen LogP contribution >= 0.6 is 0 Å². The molecule has 4 nitrogen and oxygen atoms in total. The monoisotopic (exact) mass is 314 g/mol. The Bertz CT molecular complexity index is 720. The minimum atomic E-state index is -0.713. The number of ketones is 1. The molecule has 0 saturated carbocycles. The van der Waals surface area contributed by atoms with Crippen molar-refractivity contribution in [3.63, 3.8) is 0 Å². The highest BCUT2D eigenvalue weighted by atomic mass is 19.1. The summed E-state index contributed by atoms with van der Waals surface area (Å²) in [4.78, 5) is 23.4. The van der Waals surface area contributed by atoms with E-state index in [1.807, 2.05) is 0 Å². The van der Waals surface area contributed by atoms with Crippen LogP contribution in [-0.4, -0.2) is 25.5 Å². The molecule has 0 bridgehead atoms. The number of esters is 1. The fourth-order valence-electron chi connectivity index (χ4n) is 1.81. The number of Topliss-reactive ketones (excluding diaryl/α,β-unsaturated/α-hetero) is 1. The van der Waals surface area contributed by atoms with E-state index in [4.69, 9.17) is 9.47 Å². The first-order chi connectivity index (χ1) is 11.1. The maximum Gasteiger partial charge on any atom is 0.331 e. The number of rotatable bonds is 6. The Morgan fingerprint density at radius 3 is 2.43 bits per heavy atom. The maximum atomic E-state index is 13.4. The summed E-state index contributed by atoms with van der Waals surface area (Å²) in [5.74, 6) is -0.854. The highest BCUT2D eigenvalue weighted by Gasteiger charge is 2.08. The second-order valence-electron chi connectivity index (χ2n) is 4.61. The molecule has 0 aliphatic heterocycles. The van der Waals surface area contributed by atoms with Gasteiger partial charge in [-0.05, 0) is 36.4 Å². The number of methoxy groups -OCH3 is 1. The quantitative estimate of drug-likeness (QED) is 0.466. The summed E-state index contributed by atoms with van der Waals surface area (Å²) in [6.45, 7) is -0.382. The van der Waals surface area contributed by atoms with Crippen molar-refractivity contribution in [2.45, 2.75) is 0 Å². The van der Waals surface area contributed by atoms with E-state index in [9.17, 15) is 14.0 Å². The van der Waals surface area contributed by atoms with Crippen LogP contribution in [0, 0.1) is 5.82 Å². The molecule has 0 fully saturated rings. The third kappa shape index (κ3) is 4.78. The molecule has 0 amide bonds. The van der Waals surface area contributed by atoms with Crippen LogP contribution in [-0.2, 0) is 9.53 Å². The van der Waals surface area contributed by atoms with Crippen molar-refractivity contribution in [1.82, 2.24) is 0 Å². The van der Waals surface area contributed by atoms with E-state index in [0.717, 1.165) is 6.08 Å². The highest BCUT2D eigenvalue weighted by molar-refractivity contribution is 5.99. The van der Waals surface area contributed by atoms with Gasteiger partial charge in [0.1, 0.15) is 11.6 Å². The predicted octanol–water partition coefficient (Wildman–Crippen LogP) is 3.27. The molecular weight excluding hydrogens is 299 g/mol. The number of halogens is 1. The average molecular weight is 314 g/mol. The molecule has 0 unspecified atom stereocenters. The van der Waals surface area contributed by atoms with Gasteiger partial charge in [0.2, 0.25) is 0 Å². The Morgan fingerprint density at radius 2 is 1.78 bits per heavy atom. The fourth-order valence-corrected chi connectivity index (χ4v) is 1.81. The Morgan fingerprint density at radius 1 is 1.09 bits per heavy atom. The van der Waals surface area contributed by atoms with Gasteiger partial charge >= 0.3 is 5.97 Å². The predicted molar refractivity (Wildman–Crippen MR) is 83.7 cm³/mol. The Balaban J connectivity index is 1.88. The molecule has 2 aromatic rings. The van der Waals surface area contributed by atoms with E-state index in [0.29, 0.717) is 11.3 Å². The van der Waals surface area contributed by atoms with Crippen LogP contribution in [0.15, 0.2) is 54.6 Å². The highest BCUT2D eigenvalue weighted by Crippen LogP contribution is 2.12. The van der Waals surface area contributed by atoms with Crippen LogP contribution in [0.4, 0.5) is 4.39 Å². The summed E-state index contributed by atoms with van der Waals surface area (Å²) in [6.07, 6.45) is 2.38. The summed E-state index contributed by atoms with van der Waals surface area (Å²) in [5, 5.41) is 0. The molecule has 2 aromatic carbocycles. The number of benzene rings is 2. The van der Waals surface area contributed by atoms with Gasteiger partial charge in [-0.2, -0.15) is 0 Å². The molecule has 0 heterocycles.